The molecule has 0 saturated carbocycles. The first kappa shape index (κ1) is 16.7. The molecule has 5 nitrogen and oxygen atoms in total. The fourth-order valence-corrected chi connectivity index (χ4v) is 2.28. The molecule has 0 N–H and O–H groups in total. The molecule has 0 aliphatic rings. The summed E-state index contributed by atoms with van der Waals surface area (Å²) >= 11 is 5.84. The Hall–Kier alpha value is -1.34. The largest absolute Gasteiger partial charge is 0.323 e. The fraction of sp³-hybridized carbons (Fsp3) is 0.417. The van der Waals surface area contributed by atoms with Gasteiger partial charge in [-0.25, -0.2) is 4.21 Å². The van der Waals surface area contributed by atoms with Crippen LogP contribution in [0, 0.1) is 15.9 Å². The van der Waals surface area contributed by atoms with E-state index in [0.717, 1.165) is 6.07 Å². The summed E-state index contributed by atoms with van der Waals surface area (Å²) in [6, 6.07) is 2.22. The highest BCUT2D eigenvalue weighted by atomic mass is 35.5. The Morgan fingerprint density at radius 2 is 2.00 bits per heavy atom. The van der Waals surface area contributed by atoms with E-state index in [1.807, 2.05) is 0 Å². The van der Waals surface area contributed by atoms with E-state index < -0.39 is 32.2 Å². The van der Waals surface area contributed by atoms with Crippen molar-refractivity contribution in [3.63, 3.8) is 0 Å². The molecule has 0 aliphatic heterocycles. The Morgan fingerprint density at radius 3 is 2.45 bits per heavy atom. The molecule has 20 heavy (non-hydrogen) atoms. The molecule has 1 aromatic carbocycles. The Labute approximate surface area is 123 Å². The third-order valence-corrected chi connectivity index (χ3v) is 4.25. The Morgan fingerprint density at radius 1 is 1.45 bits per heavy atom. The summed E-state index contributed by atoms with van der Waals surface area (Å²) in [6.45, 7) is 6.75. The third kappa shape index (κ3) is 3.61. The lowest BCUT2D eigenvalue weighted by molar-refractivity contribution is -0.387. The van der Waals surface area contributed by atoms with Crippen molar-refractivity contribution in [2.75, 3.05) is 0 Å². The van der Waals surface area contributed by atoms with Gasteiger partial charge in [0.05, 0.1) is 15.4 Å². The van der Waals surface area contributed by atoms with Gasteiger partial charge in [-0.05, 0) is 39.8 Å². The molecule has 0 aliphatic carbocycles. The molecule has 1 aromatic rings. The number of nitro benzene ring substituents is 1. The van der Waals surface area contributed by atoms with Crippen LogP contribution < -0.4 is 0 Å². The van der Waals surface area contributed by atoms with Crippen LogP contribution in [0.4, 0.5) is 10.1 Å². The molecule has 0 amide bonds. The number of nitro groups is 1. The van der Waals surface area contributed by atoms with Gasteiger partial charge in [-0.15, -0.1) is 0 Å². The molecule has 0 radical (unpaired) electrons. The van der Waals surface area contributed by atoms with E-state index in [0.29, 0.717) is 0 Å². The topological polar surface area (TPSA) is 72.6 Å². The van der Waals surface area contributed by atoms with Crippen molar-refractivity contribution in [1.29, 1.82) is 0 Å². The minimum Gasteiger partial charge on any atom is -0.258 e. The molecule has 1 atom stereocenters. The lowest BCUT2D eigenvalue weighted by atomic mass is 10.1. The first-order valence-corrected chi connectivity index (χ1v) is 7.14. The molecule has 1 rings (SSSR count). The second kappa shape index (κ2) is 5.97. The van der Waals surface area contributed by atoms with Gasteiger partial charge in [0.25, 0.3) is 0 Å². The van der Waals surface area contributed by atoms with E-state index in [9.17, 15) is 18.7 Å². The van der Waals surface area contributed by atoms with Crippen LogP contribution in [0.25, 0.3) is 0 Å². The van der Waals surface area contributed by atoms with Gasteiger partial charge < -0.3 is 0 Å². The molecule has 0 saturated heterocycles. The van der Waals surface area contributed by atoms with E-state index >= 15 is 0 Å². The zero-order valence-electron chi connectivity index (χ0n) is 11.4. The molecule has 0 spiro atoms. The van der Waals surface area contributed by atoms with Crippen LogP contribution >= 0.6 is 11.6 Å². The van der Waals surface area contributed by atoms with Crippen molar-refractivity contribution < 1.29 is 13.5 Å². The Balaban J connectivity index is 3.35. The first-order valence-electron chi connectivity index (χ1n) is 5.65. The molecule has 0 unspecified atom stereocenters. The third-order valence-electron chi connectivity index (χ3n) is 2.38. The highest BCUT2D eigenvalue weighted by Crippen LogP contribution is 2.31. The van der Waals surface area contributed by atoms with Crippen LogP contribution in [0.15, 0.2) is 16.5 Å². The van der Waals surface area contributed by atoms with Crippen molar-refractivity contribution in [3.8, 4) is 0 Å². The predicted octanol–water partition coefficient (Wildman–Crippen LogP) is 3.66. The van der Waals surface area contributed by atoms with Crippen molar-refractivity contribution >= 4 is 34.0 Å². The van der Waals surface area contributed by atoms with E-state index in [1.54, 1.807) is 20.8 Å². The van der Waals surface area contributed by atoms with Gasteiger partial charge in [-0.1, -0.05) is 11.6 Å². The maximum absolute atomic E-state index is 13.4. The van der Waals surface area contributed by atoms with Crippen LogP contribution in [-0.4, -0.2) is 19.6 Å². The first-order chi connectivity index (χ1) is 9.05. The normalized spacial score (nSPS) is 14.2. The zero-order valence-corrected chi connectivity index (χ0v) is 13.0. The average Bonchev–Trinajstić information content (AvgIpc) is 2.26. The molecule has 0 heterocycles. The number of hydrogen-bond donors (Lipinski definition) is 0. The van der Waals surface area contributed by atoms with Crippen LogP contribution in [-0.2, 0) is 11.0 Å². The predicted molar refractivity (Wildman–Crippen MR) is 78.2 cm³/mol. The molecule has 8 heteroatoms. The average molecular weight is 321 g/mol. The Kier molecular flexibility index (Phi) is 4.99. The summed E-state index contributed by atoms with van der Waals surface area (Å²) in [4.78, 5) is 9.89. The summed E-state index contributed by atoms with van der Waals surface area (Å²) in [7, 11) is -1.53. The summed E-state index contributed by atoms with van der Waals surface area (Å²) in [5.41, 5.74) is -0.357. The molecule has 0 aromatic heterocycles. The van der Waals surface area contributed by atoms with Gasteiger partial charge in [0.1, 0.15) is 16.0 Å². The quantitative estimate of drug-likeness (QED) is 0.484. The van der Waals surface area contributed by atoms with Crippen LogP contribution in [0.5, 0.6) is 0 Å². The lowest BCUT2D eigenvalue weighted by Crippen LogP contribution is -2.20. The highest BCUT2D eigenvalue weighted by molar-refractivity contribution is 7.85. The van der Waals surface area contributed by atoms with Gasteiger partial charge in [-0.2, -0.15) is 8.79 Å². The minimum absolute atomic E-state index is 0.192. The van der Waals surface area contributed by atoms with E-state index in [4.69, 9.17) is 11.6 Å². The van der Waals surface area contributed by atoms with E-state index in [1.165, 1.54) is 13.0 Å². The number of rotatable bonds is 3. The van der Waals surface area contributed by atoms with Gasteiger partial charge in [0.2, 0.25) is 5.82 Å². The smallest absolute Gasteiger partial charge is 0.258 e. The van der Waals surface area contributed by atoms with Gasteiger partial charge in [0, 0.05) is 5.56 Å². The molecular weight excluding hydrogens is 307 g/mol. The summed E-state index contributed by atoms with van der Waals surface area (Å²) in [6.07, 6.45) is 0. The molecular formula is C12H14ClFN2O3S. The van der Waals surface area contributed by atoms with Crippen molar-refractivity contribution in [3.05, 3.63) is 38.7 Å². The molecule has 0 fully saturated rings. The van der Waals surface area contributed by atoms with Crippen molar-refractivity contribution in [2.45, 2.75) is 32.4 Å². The molecule has 0 bridgehead atoms. The molecule has 110 valence electrons. The number of nitrogens with zero attached hydrogens (tertiary/aromatic N) is 2. The van der Waals surface area contributed by atoms with Crippen LogP contribution in [0.1, 0.15) is 33.3 Å². The maximum Gasteiger partial charge on any atom is 0.323 e. The van der Waals surface area contributed by atoms with Gasteiger partial charge in [-0.3, -0.25) is 10.1 Å². The van der Waals surface area contributed by atoms with Crippen molar-refractivity contribution in [2.24, 2.45) is 4.40 Å². The number of halogens is 2. The SMILES string of the molecule is CC(=N[S@](=O)C(C)(C)C)c1ccc(F)c([N+](=O)[O-])c1Cl. The van der Waals surface area contributed by atoms with E-state index in [2.05, 4.69) is 4.40 Å². The maximum atomic E-state index is 13.4. The van der Waals surface area contributed by atoms with Crippen LogP contribution in [0.3, 0.4) is 0 Å². The summed E-state index contributed by atoms with van der Waals surface area (Å²) < 4.78 is 28.7. The summed E-state index contributed by atoms with van der Waals surface area (Å²) in [5.74, 6) is -1.02. The minimum atomic E-state index is -1.53. The zero-order chi connectivity index (χ0) is 15.7. The monoisotopic (exact) mass is 320 g/mol. The van der Waals surface area contributed by atoms with Gasteiger partial charge >= 0.3 is 5.69 Å². The number of hydrogen-bond acceptors (Lipinski definition) is 3. The van der Waals surface area contributed by atoms with Crippen molar-refractivity contribution in [1.82, 2.24) is 0 Å². The lowest BCUT2D eigenvalue weighted by Gasteiger charge is -2.14. The Bertz CT molecular complexity index is 611. The van der Waals surface area contributed by atoms with E-state index in [-0.39, 0.29) is 16.3 Å². The second-order valence-corrected chi connectivity index (χ2v) is 7.34. The van der Waals surface area contributed by atoms with Gasteiger partial charge in [0.15, 0.2) is 0 Å². The second-order valence-electron chi connectivity index (χ2n) is 5.05. The summed E-state index contributed by atoms with van der Waals surface area (Å²) in [5, 5.41) is 10.4. The highest BCUT2D eigenvalue weighted by Gasteiger charge is 2.24. The fourth-order valence-electron chi connectivity index (χ4n) is 1.30. The van der Waals surface area contributed by atoms with Crippen LogP contribution in [0.2, 0.25) is 5.02 Å². The standard InChI is InChI=1S/C12H14ClFN2O3S/c1-7(15-20(19)12(2,3)4)8-5-6-9(14)11(10(8)13)16(17)18/h5-6H,1-4H3/t20-/m1/s1. The number of benzene rings is 1.